The van der Waals surface area contributed by atoms with Gasteiger partial charge in [0.2, 0.25) is 0 Å². The van der Waals surface area contributed by atoms with Crippen LogP contribution in [-0.4, -0.2) is 81.5 Å². The molecule has 2 saturated heterocycles. The fourth-order valence-corrected chi connectivity index (χ4v) is 5.14. The second-order valence-corrected chi connectivity index (χ2v) is 9.02. The van der Waals surface area contributed by atoms with Gasteiger partial charge in [0, 0.05) is 51.0 Å². The number of piperidine rings is 1. The lowest BCUT2D eigenvalue weighted by Crippen LogP contribution is -2.44. The number of hydrogen-bond donors (Lipinski definition) is 1. The van der Waals surface area contributed by atoms with Crippen molar-refractivity contribution in [1.29, 1.82) is 0 Å². The van der Waals surface area contributed by atoms with Gasteiger partial charge in [0.1, 0.15) is 0 Å². The van der Waals surface area contributed by atoms with Gasteiger partial charge >= 0.3 is 0 Å². The molecule has 28 heavy (non-hydrogen) atoms. The number of methoxy groups -OCH3 is 1. The van der Waals surface area contributed by atoms with Crippen LogP contribution < -0.4 is 5.32 Å². The Bertz CT molecular complexity index is 589. The van der Waals surface area contributed by atoms with Gasteiger partial charge in [-0.1, -0.05) is 18.2 Å². The summed E-state index contributed by atoms with van der Waals surface area (Å²) >= 11 is 1.98. The van der Waals surface area contributed by atoms with Crippen LogP contribution in [0.5, 0.6) is 0 Å². The van der Waals surface area contributed by atoms with Gasteiger partial charge in [0.05, 0.1) is 6.61 Å². The molecule has 0 bridgehead atoms. The molecule has 5 nitrogen and oxygen atoms in total. The Morgan fingerprint density at radius 1 is 1.14 bits per heavy atom. The second-order valence-electron chi connectivity index (χ2n) is 7.93. The van der Waals surface area contributed by atoms with E-state index in [1.54, 1.807) is 7.11 Å². The average molecular weight is 405 g/mol. The van der Waals surface area contributed by atoms with Crippen LogP contribution in [0, 0.1) is 11.8 Å². The summed E-state index contributed by atoms with van der Waals surface area (Å²) in [6.07, 6.45) is 3.80. The number of aliphatic imine (C=N–C) groups is 1. The van der Waals surface area contributed by atoms with Gasteiger partial charge in [-0.05, 0) is 56.3 Å². The Labute approximate surface area is 174 Å². The SMILES string of the molecule is CN=C(NCC1CCN(CCOC)CC1)N1CCC(CSc2ccccc2)C1. The van der Waals surface area contributed by atoms with E-state index in [0.29, 0.717) is 0 Å². The first kappa shape index (κ1) is 21.5. The maximum Gasteiger partial charge on any atom is 0.193 e. The van der Waals surface area contributed by atoms with Gasteiger partial charge in [0.25, 0.3) is 0 Å². The number of thioether (sulfide) groups is 1. The highest BCUT2D eigenvalue weighted by molar-refractivity contribution is 7.99. The fraction of sp³-hybridized carbons (Fsp3) is 0.682. The average Bonchev–Trinajstić information content (AvgIpc) is 3.22. The molecule has 0 radical (unpaired) electrons. The molecule has 1 N–H and O–H groups in total. The van der Waals surface area contributed by atoms with Crippen LogP contribution in [0.15, 0.2) is 40.2 Å². The first-order valence-electron chi connectivity index (χ1n) is 10.6. The fourth-order valence-electron chi connectivity index (χ4n) is 4.09. The molecule has 3 rings (SSSR count). The summed E-state index contributed by atoms with van der Waals surface area (Å²) in [4.78, 5) is 10.9. The van der Waals surface area contributed by atoms with Gasteiger partial charge in [-0.2, -0.15) is 0 Å². The third-order valence-electron chi connectivity index (χ3n) is 5.89. The molecule has 0 aromatic heterocycles. The molecule has 156 valence electrons. The topological polar surface area (TPSA) is 40.1 Å². The number of nitrogens with zero attached hydrogens (tertiary/aromatic N) is 3. The van der Waals surface area contributed by atoms with Gasteiger partial charge in [-0.15, -0.1) is 11.8 Å². The van der Waals surface area contributed by atoms with E-state index in [9.17, 15) is 0 Å². The van der Waals surface area contributed by atoms with Crippen molar-refractivity contribution in [3.8, 4) is 0 Å². The molecule has 0 amide bonds. The number of nitrogens with one attached hydrogen (secondary N) is 1. The van der Waals surface area contributed by atoms with Crippen LogP contribution in [0.25, 0.3) is 0 Å². The van der Waals surface area contributed by atoms with Gasteiger partial charge in [-0.3, -0.25) is 4.99 Å². The molecule has 1 unspecified atom stereocenters. The Kier molecular flexibility index (Phi) is 8.96. The Morgan fingerprint density at radius 2 is 1.89 bits per heavy atom. The molecule has 0 saturated carbocycles. The second kappa shape index (κ2) is 11.7. The van der Waals surface area contributed by atoms with E-state index in [1.165, 1.54) is 43.0 Å². The molecule has 6 heteroatoms. The zero-order valence-corrected chi connectivity index (χ0v) is 18.3. The van der Waals surface area contributed by atoms with E-state index >= 15 is 0 Å². The van der Waals surface area contributed by atoms with Crippen molar-refractivity contribution in [2.24, 2.45) is 16.8 Å². The van der Waals surface area contributed by atoms with E-state index in [4.69, 9.17) is 4.74 Å². The lowest BCUT2D eigenvalue weighted by Gasteiger charge is -2.32. The molecule has 2 aliphatic rings. The monoisotopic (exact) mass is 404 g/mol. The number of ether oxygens (including phenoxy) is 1. The maximum absolute atomic E-state index is 5.20. The van der Waals surface area contributed by atoms with Crippen LogP contribution in [0.1, 0.15) is 19.3 Å². The molecule has 1 aromatic rings. The van der Waals surface area contributed by atoms with Gasteiger partial charge < -0.3 is 19.9 Å². The standard InChI is InChI=1S/C22H36N4OS/c1-23-22(24-16-19-8-11-25(12-9-19)14-15-27-2)26-13-10-20(17-26)18-28-21-6-4-3-5-7-21/h3-7,19-20H,8-18H2,1-2H3,(H,23,24). The van der Waals surface area contributed by atoms with E-state index in [2.05, 4.69) is 50.4 Å². The highest BCUT2D eigenvalue weighted by atomic mass is 32.2. The predicted octanol–water partition coefficient (Wildman–Crippen LogP) is 3.03. The molecule has 0 spiro atoms. The zero-order chi connectivity index (χ0) is 19.6. The van der Waals surface area contributed by atoms with Crippen molar-refractivity contribution in [3.63, 3.8) is 0 Å². The van der Waals surface area contributed by atoms with Gasteiger partial charge in [0.15, 0.2) is 5.96 Å². The lowest BCUT2D eigenvalue weighted by molar-refractivity contribution is 0.120. The van der Waals surface area contributed by atoms with E-state index in [-0.39, 0.29) is 0 Å². The normalized spacial score (nSPS) is 22.0. The summed E-state index contributed by atoms with van der Waals surface area (Å²) in [5.74, 6) is 3.78. The van der Waals surface area contributed by atoms with Crippen molar-refractivity contribution in [2.45, 2.75) is 24.2 Å². The summed E-state index contributed by atoms with van der Waals surface area (Å²) in [6.45, 7) is 7.57. The summed E-state index contributed by atoms with van der Waals surface area (Å²) < 4.78 is 5.20. The Balaban J connectivity index is 1.35. The molecule has 0 aliphatic carbocycles. The van der Waals surface area contributed by atoms with Crippen molar-refractivity contribution in [2.75, 3.05) is 65.8 Å². The first-order valence-corrected chi connectivity index (χ1v) is 11.6. The molecule has 1 atom stereocenters. The minimum Gasteiger partial charge on any atom is -0.383 e. The predicted molar refractivity (Wildman–Crippen MR) is 119 cm³/mol. The number of benzene rings is 1. The smallest absolute Gasteiger partial charge is 0.193 e. The Morgan fingerprint density at radius 3 is 2.61 bits per heavy atom. The lowest BCUT2D eigenvalue weighted by atomic mass is 9.97. The number of hydrogen-bond acceptors (Lipinski definition) is 4. The molecular formula is C22H36N4OS. The summed E-state index contributed by atoms with van der Waals surface area (Å²) in [6, 6.07) is 10.7. The van der Waals surface area contributed by atoms with Gasteiger partial charge in [-0.25, -0.2) is 0 Å². The summed E-state index contributed by atoms with van der Waals surface area (Å²) in [5.41, 5.74) is 0. The first-order chi connectivity index (χ1) is 13.8. The van der Waals surface area contributed by atoms with E-state index < -0.39 is 0 Å². The molecule has 2 fully saturated rings. The quantitative estimate of drug-likeness (QED) is 0.410. The number of rotatable bonds is 8. The largest absolute Gasteiger partial charge is 0.383 e. The van der Waals surface area contributed by atoms with Crippen molar-refractivity contribution in [3.05, 3.63) is 30.3 Å². The molecule has 2 aliphatic heterocycles. The minimum atomic E-state index is 0.743. The zero-order valence-electron chi connectivity index (χ0n) is 17.5. The third-order valence-corrected chi connectivity index (χ3v) is 7.14. The van der Waals surface area contributed by atoms with Crippen LogP contribution >= 0.6 is 11.8 Å². The number of likely N-dealkylation sites (tertiary alicyclic amines) is 2. The molecular weight excluding hydrogens is 368 g/mol. The van der Waals surface area contributed by atoms with Crippen LogP contribution in [0.3, 0.4) is 0 Å². The van der Waals surface area contributed by atoms with Crippen LogP contribution in [0.2, 0.25) is 0 Å². The van der Waals surface area contributed by atoms with Crippen LogP contribution in [-0.2, 0) is 4.74 Å². The third kappa shape index (κ3) is 6.68. The Hall–Kier alpha value is -1.24. The van der Waals surface area contributed by atoms with E-state index in [0.717, 1.165) is 50.6 Å². The van der Waals surface area contributed by atoms with Crippen LogP contribution in [0.4, 0.5) is 0 Å². The van der Waals surface area contributed by atoms with Crippen molar-refractivity contribution >= 4 is 17.7 Å². The highest BCUT2D eigenvalue weighted by Crippen LogP contribution is 2.26. The highest BCUT2D eigenvalue weighted by Gasteiger charge is 2.26. The summed E-state index contributed by atoms with van der Waals surface area (Å²) in [5, 5.41) is 3.66. The number of guanidine groups is 1. The van der Waals surface area contributed by atoms with Crippen molar-refractivity contribution < 1.29 is 4.74 Å². The maximum atomic E-state index is 5.20. The van der Waals surface area contributed by atoms with E-state index in [1.807, 2.05) is 18.8 Å². The molecule has 2 heterocycles. The van der Waals surface area contributed by atoms with Crippen molar-refractivity contribution in [1.82, 2.24) is 15.1 Å². The minimum absolute atomic E-state index is 0.743. The molecule has 1 aromatic carbocycles. The summed E-state index contributed by atoms with van der Waals surface area (Å²) in [7, 11) is 3.70.